The molecule has 3 N–H and O–H groups in total. The summed E-state index contributed by atoms with van der Waals surface area (Å²) in [5.74, 6) is 1.93. The van der Waals surface area contributed by atoms with Crippen LogP contribution in [0.1, 0.15) is 24.8 Å². The first-order valence-electron chi connectivity index (χ1n) is 8.79. The van der Waals surface area contributed by atoms with Crippen molar-refractivity contribution in [1.82, 2.24) is 19.6 Å². The molecule has 2 atom stereocenters. The molecule has 26 heavy (non-hydrogen) atoms. The van der Waals surface area contributed by atoms with Crippen molar-refractivity contribution in [2.45, 2.75) is 31.8 Å². The van der Waals surface area contributed by atoms with Crippen LogP contribution >= 0.6 is 15.9 Å². The van der Waals surface area contributed by atoms with Crippen LogP contribution in [0.15, 0.2) is 41.3 Å². The van der Waals surface area contributed by atoms with Gasteiger partial charge in [0.25, 0.3) is 0 Å². The Morgan fingerprint density at radius 2 is 2.23 bits per heavy atom. The third-order valence-corrected chi connectivity index (χ3v) is 5.41. The first-order valence-corrected chi connectivity index (χ1v) is 9.58. The Kier molecular flexibility index (Phi) is 5.03. The number of anilines is 2. The van der Waals surface area contributed by atoms with Gasteiger partial charge in [0.05, 0.1) is 10.7 Å². The molecule has 3 aromatic rings. The Morgan fingerprint density at radius 1 is 1.31 bits per heavy atom. The lowest BCUT2D eigenvalue weighted by molar-refractivity contribution is 0.222. The fraction of sp³-hybridized carbons (Fsp3) is 0.389. The number of aromatic nitrogens is 4. The number of fused-ring (bicyclic) bond motifs is 1. The highest BCUT2D eigenvalue weighted by atomic mass is 79.9. The third-order valence-electron chi connectivity index (χ3n) is 4.85. The van der Waals surface area contributed by atoms with Gasteiger partial charge in [0.1, 0.15) is 11.6 Å². The summed E-state index contributed by atoms with van der Waals surface area (Å²) in [7, 11) is 0. The Morgan fingerprint density at radius 3 is 3.04 bits per heavy atom. The number of hydrogen-bond acceptors (Lipinski definition) is 6. The smallest absolute Gasteiger partial charge is 0.173 e. The lowest BCUT2D eigenvalue weighted by atomic mass is 10.1. The summed E-state index contributed by atoms with van der Waals surface area (Å²) in [6, 6.07) is 6.17. The summed E-state index contributed by atoms with van der Waals surface area (Å²) in [6.07, 6.45) is 8.59. The summed E-state index contributed by atoms with van der Waals surface area (Å²) >= 11 is 3.52. The molecule has 0 unspecified atom stereocenters. The van der Waals surface area contributed by atoms with Crippen molar-refractivity contribution in [2.24, 2.45) is 5.92 Å². The van der Waals surface area contributed by atoms with Crippen LogP contribution in [-0.2, 0) is 6.54 Å². The van der Waals surface area contributed by atoms with Crippen molar-refractivity contribution in [3.8, 4) is 0 Å². The number of pyridine rings is 1. The number of nitrogens with one attached hydrogen (secondary N) is 2. The lowest BCUT2D eigenvalue weighted by Gasteiger charge is -2.20. The molecule has 3 aromatic heterocycles. The van der Waals surface area contributed by atoms with Crippen LogP contribution in [0.25, 0.3) is 5.65 Å². The number of aliphatic hydroxyl groups is 1. The van der Waals surface area contributed by atoms with Crippen molar-refractivity contribution in [1.29, 1.82) is 0 Å². The van der Waals surface area contributed by atoms with E-state index in [9.17, 15) is 5.11 Å². The Balaban J connectivity index is 1.61. The van der Waals surface area contributed by atoms with Gasteiger partial charge in [-0.2, -0.15) is 9.61 Å². The topological polar surface area (TPSA) is 87.4 Å². The second-order valence-electron chi connectivity index (χ2n) is 6.59. The van der Waals surface area contributed by atoms with Crippen LogP contribution in [-0.4, -0.2) is 37.3 Å². The van der Waals surface area contributed by atoms with Gasteiger partial charge >= 0.3 is 0 Å². The van der Waals surface area contributed by atoms with E-state index in [0.717, 1.165) is 46.6 Å². The maximum absolute atomic E-state index is 9.56. The number of rotatable bonds is 6. The molecule has 0 spiro atoms. The molecule has 7 nitrogen and oxygen atoms in total. The Hall–Kier alpha value is -2.19. The van der Waals surface area contributed by atoms with E-state index in [1.165, 1.54) is 0 Å². The van der Waals surface area contributed by atoms with Gasteiger partial charge in [0.15, 0.2) is 5.65 Å². The normalized spacial score (nSPS) is 19.8. The van der Waals surface area contributed by atoms with Crippen LogP contribution in [0, 0.1) is 5.92 Å². The SMILES string of the molecule is OC[C@H]1CCC[C@H]1Nc1cc(NCc2cccnc2)n2ncc(Br)c2n1. The molecule has 1 aliphatic carbocycles. The van der Waals surface area contributed by atoms with Gasteiger partial charge in [-0.3, -0.25) is 4.98 Å². The standard InChI is InChI=1S/C18H21BrN6O/c19-14-10-22-25-17(21-9-12-3-2-6-20-8-12)7-16(24-18(14)25)23-15-5-1-4-13(15)11-26/h2-3,6-8,10,13,15,21,26H,1,4-5,9,11H2,(H,23,24)/t13-,15-/m1/s1. The molecule has 0 saturated heterocycles. The average molecular weight is 417 g/mol. The second-order valence-corrected chi connectivity index (χ2v) is 7.45. The molecule has 0 radical (unpaired) electrons. The fourth-order valence-electron chi connectivity index (χ4n) is 3.47. The van der Waals surface area contributed by atoms with Crippen molar-refractivity contribution >= 4 is 33.2 Å². The zero-order valence-corrected chi connectivity index (χ0v) is 15.9. The largest absolute Gasteiger partial charge is 0.396 e. The quantitative estimate of drug-likeness (QED) is 0.572. The van der Waals surface area contributed by atoms with E-state index < -0.39 is 0 Å². The molecule has 0 bridgehead atoms. The number of hydrogen-bond donors (Lipinski definition) is 3. The van der Waals surface area contributed by atoms with E-state index in [1.807, 2.05) is 24.4 Å². The third kappa shape index (κ3) is 3.52. The van der Waals surface area contributed by atoms with Crippen LogP contribution in [0.2, 0.25) is 0 Å². The van der Waals surface area contributed by atoms with Gasteiger partial charge in [0.2, 0.25) is 0 Å². The predicted octanol–water partition coefficient (Wildman–Crippen LogP) is 3.07. The zero-order chi connectivity index (χ0) is 17.9. The minimum Gasteiger partial charge on any atom is -0.396 e. The molecule has 4 rings (SSSR count). The van der Waals surface area contributed by atoms with Gasteiger partial charge < -0.3 is 15.7 Å². The summed E-state index contributed by atoms with van der Waals surface area (Å²) in [4.78, 5) is 8.84. The second kappa shape index (κ2) is 7.59. The van der Waals surface area contributed by atoms with Crippen molar-refractivity contribution in [3.63, 3.8) is 0 Å². The maximum Gasteiger partial charge on any atom is 0.173 e. The van der Waals surface area contributed by atoms with E-state index in [-0.39, 0.29) is 18.6 Å². The van der Waals surface area contributed by atoms with Crippen LogP contribution in [0.3, 0.4) is 0 Å². The molecular weight excluding hydrogens is 396 g/mol. The summed E-state index contributed by atoms with van der Waals surface area (Å²) < 4.78 is 2.62. The van der Waals surface area contributed by atoms with Gasteiger partial charge in [-0.05, 0) is 40.4 Å². The van der Waals surface area contributed by atoms with Crippen LogP contribution in [0.5, 0.6) is 0 Å². The van der Waals surface area contributed by atoms with Gasteiger partial charge in [-0.1, -0.05) is 12.5 Å². The maximum atomic E-state index is 9.56. The van der Waals surface area contributed by atoms with Crippen molar-refractivity contribution < 1.29 is 5.11 Å². The minimum atomic E-state index is 0.211. The number of halogens is 1. The predicted molar refractivity (Wildman–Crippen MR) is 104 cm³/mol. The Labute approximate surface area is 160 Å². The molecule has 0 aliphatic heterocycles. The molecule has 3 heterocycles. The lowest BCUT2D eigenvalue weighted by Crippen LogP contribution is -2.27. The fourth-order valence-corrected chi connectivity index (χ4v) is 3.81. The highest BCUT2D eigenvalue weighted by Gasteiger charge is 2.27. The number of nitrogens with zero attached hydrogens (tertiary/aromatic N) is 4. The molecule has 8 heteroatoms. The van der Waals surface area contributed by atoms with Crippen molar-refractivity contribution in [2.75, 3.05) is 17.2 Å². The molecular formula is C18H21BrN6O. The van der Waals surface area contributed by atoms with Gasteiger partial charge in [0, 0.05) is 43.6 Å². The highest BCUT2D eigenvalue weighted by molar-refractivity contribution is 9.10. The average Bonchev–Trinajstić information content (AvgIpc) is 3.27. The highest BCUT2D eigenvalue weighted by Crippen LogP contribution is 2.29. The van der Waals surface area contributed by atoms with E-state index in [4.69, 9.17) is 4.98 Å². The van der Waals surface area contributed by atoms with Gasteiger partial charge in [-0.25, -0.2) is 4.98 Å². The Bertz CT molecular complexity index is 884. The van der Waals surface area contributed by atoms with Crippen molar-refractivity contribution in [3.05, 3.63) is 46.8 Å². The molecule has 1 saturated carbocycles. The number of aliphatic hydroxyl groups excluding tert-OH is 1. The first-order chi connectivity index (χ1) is 12.7. The molecule has 0 amide bonds. The van der Waals surface area contributed by atoms with Crippen LogP contribution < -0.4 is 10.6 Å². The van der Waals surface area contributed by atoms with Crippen LogP contribution in [0.4, 0.5) is 11.6 Å². The van der Waals surface area contributed by atoms with E-state index in [0.29, 0.717) is 6.54 Å². The summed E-state index contributed by atoms with van der Waals surface area (Å²) in [5.41, 5.74) is 1.84. The molecule has 1 aliphatic rings. The summed E-state index contributed by atoms with van der Waals surface area (Å²) in [5, 5.41) is 20.9. The first kappa shape index (κ1) is 17.2. The van der Waals surface area contributed by atoms with Gasteiger partial charge in [-0.15, -0.1) is 0 Å². The molecule has 0 aromatic carbocycles. The molecule has 1 fully saturated rings. The minimum absolute atomic E-state index is 0.211. The summed E-state index contributed by atoms with van der Waals surface area (Å²) in [6.45, 7) is 0.856. The molecule has 136 valence electrons. The van der Waals surface area contributed by atoms with E-state index in [2.05, 4.69) is 36.6 Å². The monoisotopic (exact) mass is 416 g/mol. The van der Waals surface area contributed by atoms with E-state index >= 15 is 0 Å². The van der Waals surface area contributed by atoms with E-state index in [1.54, 1.807) is 16.9 Å². The zero-order valence-electron chi connectivity index (χ0n) is 14.3.